The summed E-state index contributed by atoms with van der Waals surface area (Å²) in [7, 11) is -5.21. The van der Waals surface area contributed by atoms with E-state index in [0.717, 1.165) is 5.56 Å². The zero-order valence-electron chi connectivity index (χ0n) is 11.2. The fourth-order valence-corrected chi connectivity index (χ4v) is 3.09. The van der Waals surface area contributed by atoms with Crippen molar-refractivity contribution >= 4 is 15.7 Å². The molecule has 0 aromatic heterocycles. The van der Waals surface area contributed by atoms with Crippen LogP contribution in [-0.4, -0.2) is 49.3 Å². The molecule has 0 saturated carbocycles. The zero-order valence-corrected chi connectivity index (χ0v) is 12.0. The number of piperazine rings is 1. The molecule has 0 spiro atoms. The van der Waals surface area contributed by atoms with Crippen LogP contribution in [0.15, 0.2) is 24.3 Å². The monoisotopic (exact) mass is 323 g/mol. The van der Waals surface area contributed by atoms with Crippen molar-refractivity contribution in [1.82, 2.24) is 9.21 Å². The largest absolute Gasteiger partial charge is 0.511 e. The van der Waals surface area contributed by atoms with Gasteiger partial charge in [0.05, 0.1) is 0 Å². The number of benzene rings is 1. The van der Waals surface area contributed by atoms with E-state index in [2.05, 4.69) is 0 Å². The molecule has 2 rings (SSSR count). The number of rotatable bonds is 3. The molecule has 21 heavy (non-hydrogen) atoms. The maximum absolute atomic E-state index is 12.4. The van der Waals surface area contributed by atoms with Crippen molar-refractivity contribution in [2.24, 2.45) is 0 Å². The lowest BCUT2D eigenvalue weighted by molar-refractivity contribution is -0.0500. The van der Waals surface area contributed by atoms with Gasteiger partial charge in [0.1, 0.15) is 0 Å². The van der Waals surface area contributed by atoms with Crippen LogP contribution >= 0.6 is 0 Å². The first-order chi connectivity index (χ1) is 9.70. The van der Waals surface area contributed by atoms with E-state index in [4.69, 9.17) is 5.73 Å². The van der Waals surface area contributed by atoms with E-state index in [1.165, 1.54) is 0 Å². The Labute approximate surface area is 121 Å². The van der Waals surface area contributed by atoms with Crippen molar-refractivity contribution < 1.29 is 21.6 Å². The van der Waals surface area contributed by atoms with Crippen LogP contribution in [0.4, 0.5) is 18.9 Å². The van der Waals surface area contributed by atoms with E-state index >= 15 is 0 Å². The smallest absolute Gasteiger partial charge is 0.399 e. The average molecular weight is 323 g/mol. The Balaban J connectivity index is 1.93. The number of halogens is 3. The van der Waals surface area contributed by atoms with Gasteiger partial charge in [0.2, 0.25) is 0 Å². The van der Waals surface area contributed by atoms with Gasteiger partial charge in [0.15, 0.2) is 0 Å². The summed E-state index contributed by atoms with van der Waals surface area (Å²) in [5.74, 6) is 0. The van der Waals surface area contributed by atoms with Crippen LogP contribution in [0.1, 0.15) is 5.56 Å². The number of alkyl halides is 3. The lowest BCUT2D eigenvalue weighted by Gasteiger charge is -2.34. The van der Waals surface area contributed by atoms with Crippen LogP contribution in [0.2, 0.25) is 0 Å². The molecule has 0 unspecified atom stereocenters. The summed E-state index contributed by atoms with van der Waals surface area (Å²) in [5, 5.41) is 0. The molecule has 9 heteroatoms. The van der Waals surface area contributed by atoms with Gasteiger partial charge < -0.3 is 5.73 Å². The Hall–Kier alpha value is -1.32. The molecule has 1 aromatic carbocycles. The normalized spacial score (nSPS) is 18.8. The first kappa shape index (κ1) is 16.1. The van der Waals surface area contributed by atoms with Crippen LogP contribution in [-0.2, 0) is 16.6 Å². The lowest BCUT2D eigenvalue weighted by atomic mass is 10.2. The number of anilines is 1. The molecular weight excluding hydrogens is 307 g/mol. The maximum Gasteiger partial charge on any atom is 0.511 e. The van der Waals surface area contributed by atoms with E-state index in [1.54, 1.807) is 12.1 Å². The van der Waals surface area contributed by atoms with Gasteiger partial charge in [-0.1, -0.05) is 12.1 Å². The summed E-state index contributed by atoms with van der Waals surface area (Å²) in [6.07, 6.45) is 0. The summed E-state index contributed by atoms with van der Waals surface area (Å²) in [5.41, 5.74) is 1.96. The number of sulfonamides is 1. The van der Waals surface area contributed by atoms with Gasteiger partial charge in [-0.15, -0.1) is 0 Å². The van der Waals surface area contributed by atoms with Gasteiger partial charge in [0, 0.05) is 38.4 Å². The molecule has 0 atom stereocenters. The Morgan fingerprint density at radius 1 is 1.05 bits per heavy atom. The molecule has 0 bridgehead atoms. The van der Waals surface area contributed by atoms with Gasteiger partial charge >= 0.3 is 15.5 Å². The third-order valence-electron chi connectivity index (χ3n) is 3.35. The van der Waals surface area contributed by atoms with E-state index in [9.17, 15) is 21.6 Å². The second-order valence-corrected chi connectivity index (χ2v) is 6.80. The summed E-state index contributed by atoms with van der Waals surface area (Å²) in [6.45, 7) is 0.771. The molecule has 0 amide bonds. The minimum atomic E-state index is -5.23. The van der Waals surface area contributed by atoms with Crippen LogP contribution in [0.5, 0.6) is 0 Å². The SMILES string of the molecule is Nc1ccc(CN2CCN(S(=O)(=O)C(F)(F)F)CC2)cc1. The third kappa shape index (κ3) is 3.66. The molecule has 1 aliphatic rings. The highest BCUT2D eigenvalue weighted by Gasteiger charge is 2.50. The number of nitrogens with zero attached hydrogens (tertiary/aromatic N) is 2. The summed E-state index contributed by atoms with van der Waals surface area (Å²) in [6, 6.07) is 7.18. The fraction of sp³-hybridized carbons (Fsp3) is 0.500. The lowest BCUT2D eigenvalue weighted by Crippen LogP contribution is -2.51. The average Bonchev–Trinajstić information content (AvgIpc) is 2.41. The molecular formula is C12H16F3N3O2S. The zero-order chi connectivity index (χ0) is 15.7. The molecule has 5 nitrogen and oxygen atoms in total. The first-order valence-corrected chi connectivity index (χ1v) is 7.77. The Morgan fingerprint density at radius 2 is 1.57 bits per heavy atom. The molecule has 1 heterocycles. The number of nitrogens with two attached hydrogens (primary N) is 1. The third-order valence-corrected chi connectivity index (χ3v) is 4.98. The highest BCUT2D eigenvalue weighted by molar-refractivity contribution is 7.90. The molecule has 1 aromatic rings. The van der Waals surface area contributed by atoms with Crippen molar-refractivity contribution in [3.8, 4) is 0 Å². The van der Waals surface area contributed by atoms with Gasteiger partial charge in [-0.2, -0.15) is 17.5 Å². The van der Waals surface area contributed by atoms with Crippen molar-refractivity contribution in [2.45, 2.75) is 12.1 Å². The van der Waals surface area contributed by atoms with Gasteiger partial charge in [0.25, 0.3) is 0 Å². The Bertz CT molecular complexity index is 579. The van der Waals surface area contributed by atoms with Crippen LogP contribution < -0.4 is 5.73 Å². The van der Waals surface area contributed by atoms with E-state index in [-0.39, 0.29) is 26.2 Å². The summed E-state index contributed by atoms with van der Waals surface area (Å²) >= 11 is 0. The summed E-state index contributed by atoms with van der Waals surface area (Å²) < 4.78 is 60.4. The standard InChI is InChI=1S/C12H16F3N3O2S/c13-12(14,15)21(19,20)18-7-5-17(6-8-18)9-10-1-3-11(16)4-2-10/h1-4H,5-9,16H2. The minimum absolute atomic E-state index is 0.156. The van der Waals surface area contributed by atoms with Crippen molar-refractivity contribution in [3.05, 3.63) is 29.8 Å². The molecule has 0 aliphatic carbocycles. The number of nitrogen functional groups attached to an aromatic ring is 1. The van der Waals surface area contributed by atoms with Crippen molar-refractivity contribution in [3.63, 3.8) is 0 Å². The number of hydrogen-bond donors (Lipinski definition) is 1. The predicted molar refractivity (Wildman–Crippen MR) is 72.7 cm³/mol. The van der Waals surface area contributed by atoms with E-state index in [1.807, 2.05) is 17.0 Å². The Kier molecular flexibility index (Phi) is 4.45. The highest BCUT2D eigenvalue weighted by Crippen LogP contribution is 2.27. The summed E-state index contributed by atoms with van der Waals surface area (Å²) in [4.78, 5) is 1.91. The second kappa shape index (κ2) is 5.82. The quantitative estimate of drug-likeness (QED) is 0.850. The molecule has 1 fully saturated rings. The maximum atomic E-state index is 12.4. The van der Waals surface area contributed by atoms with Crippen molar-refractivity contribution in [1.29, 1.82) is 0 Å². The van der Waals surface area contributed by atoms with E-state index < -0.39 is 15.5 Å². The van der Waals surface area contributed by atoms with Gasteiger partial charge in [-0.05, 0) is 17.7 Å². The molecule has 0 radical (unpaired) electrons. The molecule has 1 aliphatic heterocycles. The fourth-order valence-electron chi connectivity index (χ4n) is 2.16. The van der Waals surface area contributed by atoms with Crippen molar-refractivity contribution in [2.75, 3.05) is 31.9 Å². The molecule has 1 saturated heterocycles. The number of hydrogen-bond acceptors (Lipinski definition) is 4. The van der Waals surface area contributed by atoms with Crippen LogP contribution in [0.3, 0.4) is 0 Å². The Morgan fingerprint density at radius 3 is 2.05 bits per heavy atom. The topological polar surface area (TPSA) is 66.6 Å². The minimum Gasteiger partial charge on any atom is -0.399 e. The van der Waals surface area contributed by atoms with Gasteiger partial charge in [-0.25, -0.2) is 8.42 Å². The van der Waals surface area contributed by atoms with Gasteiger partial charge in [-0.3, -0.25) is 4.90 Å². The second-order valence-electron chi connectivity index (χ2n) is 4.87. The highest BCUT2D eigenvalue weighted by atomic mass is 32.2. The first-order valence-electron chi connectivity index (χ1n) is 6.33. The molecule has 118 valence electrons. The predicted octanol–water partition coefficient (Wildman–Crippen LogP) is 1.24. The molecule has 2 N–H and O–H groups in total. The van der Waals surface area contributed by atoms with Crippen LogP contribution in [0.25, 0.3) is 0 Å². The van der Waals surface area contributed by atoms with E-state index in [0.29, 0.717) is 16.5 Å². The van der Waals surface area contributed by atoms with Crippen LogP contribution in [0, 0.1) is 0 Å².